The number of hydrogen-bond donors (Lipinski definition) is 0. The van der Waals surface area contributed by atoms with Crippen molar-refractivity contribution < 1.29 is 4.68 Å². The first-order valence-electron chi connectivity index (χ1n) is 4.48. The Labute approximate surface area is 94.2 Å². The van der Waals surface area contributed by atoms with E-state index in [0.717, 1.165) is 5.35 Å². The monoisotopic (exact) mass is 269 g/mol. The number of aromatic nitrogens is 2. The molecule has 2 heterocycles. The molecule has 0 fully saturated rings. The molecule has 1 aromatic rings. The first-order valence-corrected chi connectivity index (χ1v) is 5.28. The van der Waals surface area contributed by atoms with Crippen molar-refractivity contribution in [1.82, 2.24) is 9.55 Å². The normalized spacial score (nSPS) is 14.4. The minimum absolute atomic E-state index is 0.209. The molecule has 2 rings (SSSR count). The third-order valence-electron chi connectivity index (χ3n) is 2.18. The summed E-state index contributed by atoms with van der Waals surface area (Å²) < 4.78 is 3.95. The molecule has 0 saturated heterocycles. The van der Waals surface area contributed by atoms with Crippen molar-refractivity contribution in [3.8, 4) is 0 Å². The quantitative estimate of drug-likeness (QED) is 0.512. The Kier molecular flexibility index (Phi) is 2.30. The number of nitrogens with zero attached hydrogens (tertiary/aromatic N) is 4. The van der Waals surface area contributed by atoms with Gasteiger partial charge in [-0.15, -0.1) is 0 Å². The van der Waals surface area contributed by atoms with E-state index < -0.39 is 0 Å². The lowest BCUT2D eigenvalue weighted by molar-refractivity contribution is -0.421. The maximum absolute atomic E-state index is 11.5. The Morgan fingerprint density at radius 3 is 2.87 bits per heavy atom. The summed E-state index contributed by atoms with van der Waals surface area (Å²) in [6.07, 6.45) is 1.53. The summed E-state index contributed by atoms with van der Waals surface area (Å²) in [5.74, 6) is 0. The summed E-state index contributed by atoms with van der Waals surface area (Å²) in [5.41, 5.74) is -0.329. The van der Waals surface area contributed by atoms with Crippen molar-refractivity contribution >= 4 is 27.3 Å². The highest BCUT2D eigenvalue weighted by Gasteiger charge is 2.22. The van der Waals surface area contributed by atoms with E-state index in [-0.39, 0.29) is 11.6 Å². The van der Waals surface area contributed by atoms with Crippen LogP contribution >= 0.6 is 15.9 Å². The predicted octanol–water partition coefficient (Wildman–Crippen LogP) is -0.454. The van der Waals surface area contributed by atoms with Gasteiger partial charge in [-0.25, -0.2) is 0 Å². The highest BCUT2D eigenvalue weighted by atomic mass is 79.9. The second-order valence-corrected chi connectivity index (χ2v) is 4.29. The molecule has 5 nitrogen and oxygen atoms in total. The van der Waals surface area contributed by atoms with Gasteiger partial charge in [0.05, 0.1) is 6.33 Å². The fourth-order valence-electron chi connectivity index (χ4n) is 1.43. The highest BCUT2D eigenvalue weighted by Crippen LogP contribution is 2.07. The van der Waals surface area contributed by atoms with Crippen LogP contribution in [0.2, 0.25) is 0 Å². The smallest absolute Gasteiger partial charge is 0.305 e. The molecule has 0 spiro atoms. The zero-order valence-corrected chi connectivity index (χ0v) is 10.0. The second-order valence-electron chi connectivity index (χ2n) is 3.54. The number of fused-ring (bicyclic) bond motifs is 1. The molecule has 1 aliphatic heterocycles. The molecule has 0 radical (unpaired) electrons. The Bertz CT molecular complexity index is 614. The van der Waals surface area contributed by atoms with Crippen LogP contribution in [0.15, 0.2) is 16.2 Å². The van der Waals surface area contributed by atoms with Gasteiger partial charge in [-0.2, -0.15) is 4.98 Å². The third-order valence-corrected chi connectivity index (χ3v) is 2.97. The van der Waals surface area contributed by atoms with E-state index in [1.807, 2.05) is 18.4 Å². The molecule has 0 bridgehead atoms. The van der Waals surface area contributed by atoms with Gasteiger partial charge in [0, 0.05) is 27.1 Å². The van der Waals surface area contributed by atoms with Gasteiger partial charge in [-0.3, -0.25) is 4.79 Å². The lowest BCUT2D eigenvalue weighted by Crippen LogP contribution is -2.45. The standard InChI is InChI=1S/C9H10BrN4O/c1-5(2)14-4-11-9(15)6-7(14)8(10)13(3)12-6/h4-5H,3H2,1-2H3/q+1. The second kappa shape index (κ2) is 3.37. The summed E-state index contributed by atoms with van der Waals surface area (Å²) in [5, 5.41) is 5.10. The molecule has 0 aliphatic carbocycles. The van der Waals surface area contributed by atoms with Crippen LogP contribution in [0, 0.1) is 0 Å². The van der Waals surface area contributed by atoms with Gasteiger partial charge >= 0.3 is 10.2 Å². The summed E-state index contributed by atoms with van der Waals surface area (Å²) in [6, 6.07) is 0.209. The van der Waals surface area contributed by atoms with Crippen molar-refractivity contribution in [3.63, 3.8) is 0 Å². The first kappa shape index (κ1) is 10.2. The topological polar surface area (TPSA) is 50.3 Å². The minimum atomic E-state index is -0.329. The van der Waals surface area contributed by atoms with E-state index in [1.165, 1.54) is 11.0 Å². The summed E-state index contributed by atoms with van der Waals surface area (Å²) in [6.45, 7) is 7.70. The van der Waals surface area contributed by atoms with Crippen molar-refractivity contribution in [2.24, 2.45) is 5.10 Å². The summed E-state index contributed by atoms with van der Waals surface area (Å²) in [7, 11) is 0. The van der Waals surface area contributed by atoms with Gasteiger partial charge < -0.3 is 4.57 Å². The number of hydrogen-bond acceptors (Lipinski definition) is 3. The Morgan fingerprint density at radius 2 is 2.27 bits per heavy atom. The van der Waals surface area contributed by atoms with Gasteiger partial charge in [0.2, 0.25) is 5.36 Å². The first-order chi connectivity index (χ1) is 7.02. The molecular formula is C9H10BrN4O+. The SMILES string of the molecule is C=[N+]1N=c2c(=O)ncn(C(C)C)c2=C1Br. The van der Waals surface area contributed by atoms with Crippen molar-refractivity contribution in [2.75, 3.05) is 0 Å². The third kappa shape index (κ3) is 1.45. The van der Waals surface area contributed by atoms with Crippen LogP contribution in [-0.4, -0.2) is 21.0 Å². The fraction of sp³-hybridized carbons (Fsp3) is 0.333. The largest absolute Gasteiger partial charge is 0.322 e. The average molecular weight is 270 g/mol. The fourth-order valence-corrected chi connectivity index (χ4v) is 1.90. The van der Waals surface area contributed by atoms with Crippen molar-refractivity contribution in [2.45, 2.75) is 19.9 Å². The van der Waals surface area contributed by atoms with Crippen molar-refractivity contribution in [1.29, 1.82) is 0 Å². The van der Waals surface area contributed by atoms with Gasteiger partial charge in [-0.05, 0) is 18.5 Å². The molecular weight excluding hydrogens is 260 g/mol. The van der Waals surface area contributed by atoms with Crippen molar-refractivity contribution in [3.05, 3.63) is 27.4 Å². The lowest BCUT2D eigenvalue weighted by Gasteiger charge is -2.07. The van der Waals surface area contributed by atoms with Gasteiger partial charge in [0.15, 0.2) is 12.1 Å². The van der Waals surface area contributed by atoms with Gasteiger partial charge in [-0.1, -0.05) is 0 Å². The van der Waals surface area contributed by atoms with E-state index >= 15 is 0 Å². The average Bonchev–Trinajstić information content (AvgIpc) is 2.46. The van der Waals surface area contributed by atoms with E-state index in [1.54, 1.807) is 0 Å². The Balaban J connectivity index is 3.03. The molecule has 78 valence electrons. The molecule has 0 aromatic carbocycles. The van der Waals surface area contributed by atoms with Crippen LogP contribution in [0.3, 0.4) is 0 Å². The molecule has 0 N–H and O–H groups in total. The molecule has 0 atom stereocenters. The predicted molar refractivity (Wildman–Crippen MR) is 59.4 cm³/mol. The van der Waals surface area contributed by atoms with Gasteiger partial charge in [0.25, 0.3) is 0 Å². The van der Waals surface area contributed by atoms with E-state index in [9.17, 15) is 4.79 Å². The Morgan fingerprint density at radius 1 is 1.60 bits per heavy atom. The maximum Gasteiger partial charge on any atom is 0.305 e. The zero-order chi connectivity index (χ0) is 11.2. The van der Waals surface area contributed by atoms with E-state index in [2.05, 4.69) is 32.7 Å². The molecule has 1 aliphatic rings. The maximum atomic E-state index is 11.5. The molecule has 6 heteroatoms. The number of halogens is 1. The van der Waals surface area contributed by atoms with Crippen LogP contribution < -0.4 is 16.3 Å². The summed E-state index contributed by atoms with van der Waals surface area (Å²) >= 11 is 3.35. The van der Waals surface area contributed by atoms with E-state index in [4.69, 9.17) is 0 Å². The lowest BCUT2D eigenvalue weighted by atomic mass is 10.3. The van der Waals surface area contributed by atoms with Gasteiger partial charge in [0.1, 0.15) is 0 Å². The molecule has 15 heavy (non-hydrogen) atoms. The Hall–Kier alpha value is -1.30. The van der Waals surface area contributed by atoms with Crippen LogP contribution in [0.1, 0.15) is 19.9 Å². The molecule has 0 amide bonds. The summed E-state index contributed by atoms with van der Waals surface area (Å²) in [4.78, 5) is 15.2. The highest BCUT2D eigenvalue weighted by molar-refractivity contribution is 9.14. The minimum Gasteiger partial charge on any atom is -0.322 e. The molecule has 0 saturated carbocycles. The number of rotatable bonds is 1. The van der Waals surface area contributed by atoms with Crippen LogP contribution in [0.4, 0.5) is 0 Å². The van der Waals surface area contributed by atoms with E-state index in [0.29, 0.717) is 9.96 Å². The zero-order valence-electron chi connectivity index (χ0n) is 8.44. The van der Waals surface area contributed by atoms with Crippen LogP contribution in [0.5, 0.6) is 0 Å². The molecule has 1 aromatic heterocycles. The van der Waals surface area contributed by atoms with Crippen LogP contribution in [-0.2, 0) is 0 Å². The molecule has 0 unspecified atom stereocenters. The van der Waals surface area contributed by atoms with Crippen LogP contribution in [0.25, 0.3) is 4.61 Å².